The van der Waals surface area contributed by atoms with Crippen molar-refractivity contribution in [3.63, 3.8) is 0 Å². The zero-order valence-electron chi connectivity index (χ0n) is 13.9. The number of halogens is 2. The molecule has 1 aromatic carbocycles. The molecule has 1 aliphatic heterocycles. The second-order valence-electron chi connectivity index (χ2n) is 6.82. The summed E-state index contributed by atoms with van der Waals surface area (Å²) in [6, 6.07) is 3.34. The number of nitrogens with zero attached hydrogens (tertiary/aromatic N) is 2. The number of aryl methyl sites for hydroxylation is 2. The maximum Gasteiger partial charge on any atom is 0.253 e. The highest BCUT2D eigenvalue weighted by molar-refractivity contribution is 7.11. The van der Waals surface area contributed by atoms with Crippen molar-refractivity contribution in [2.45, 2.75) is 44.4 Å². The number of benzene rings is 1. The second-order valence-corrected chi connectivity index (χ2v) is 7.94. The number of carbonyl (C=O) groups is 1. The zero-order valence-corrected chi connectivity index (χ0v) is 14.7. The number of rotatable bonds is 2. The van der Waals surface area contributed by atoms with Crippen LogP contribution < -0.4 is 0 Å². The Morgan fingerprint density at radius 1 is 1.12 bits per heavy atom. The Morgan fingerprint density at radius 2 is 1.88 bits per heavy atom. The number of hydrogen-bond acceptors (Lipinski definition) is 3. The van der Waals surface area contributed by atoms with Crippen LogP contribution in [0.1, 0.15) is 57.5 Å². The number of likely N-dealkylation sites (tertiary alicyclic amines) is 1. The van der Waals surface area contributed by atoms with Crippen LogP contribution in [0, 0.1) is 11.6 Å². The molecule has 2 heterocycles. The molecule has 1 aromatic heterocycles. The molecule has 0 N–H and O–H groups in total. The molecule has 0 atom stereocenters. The van der Waals surface area contributed by atoms with Gasteiger partial charge in [-0.05, 0) is 56.7 Å². The standard InChI is InChI=1S/C19H20F2N2OS/c20-14-6-5-13(11-15(14)21)19(24)23-9-7-12(8-10-23)18-22-16-3-1-2-4-17(16)25-18/h5-6,11-12H,1-4,7-10H2. The molecule has 0 radical (unpaired) electrons. The van der Waals surface area contributed by atoms with Crippen LogP contribution in [0.5, 0.6) is 0 Å². The quantitative estimate of drug-likeness (QED) is 0.797. The van der Waals surface area contributed by atoms with Crippen LogP contribution in [0.4, 0.5) is 8.78 Å². The molecule has 2 aliphatic rings. The predicted octanol–water partition coefficient (Wildman–Crippen LogP) is 4.32. The smallest absolute Gasteiger partial charge is 0.253 e. The molecule has 1 amide bonds. The monoisotopic (exact) mass is 362 g/mol. The van der Waals surface area contributed by atoms with Crippen molar-refractivity contribution < 1.29 is 13.6 Å². The van der Waals surface area contributed by atoms with Crippen LogP contribution in [0.2, 0.25) is 0 Å². The van der Waals surface area contributed by atoms with E-state index in [9.17, 15) is 13.6 Å². The molecule has 4 rings (SSSR count). The minimum absolute atomic E-state index is 0.210. The third-order valence-corrected chi connectivity index (χ3v) is 6.48. The minimum Gasteiger partial charge on any atom is -0.339 e. The van der Waals surface area contributed by atoms with Gasteiger partial charge in [0.1, 0.15) is 0 Å². The summed E-state index contributed by atoms with van der Waals surface area (Å²) in [5, 5.41) is 1.21. The first kappa shape index (κ1) is 16.6. The predicted molar refractivity (Wildman–Crippen MR) is 93.0 cm³/mol. The van der Waals surface area contributed by atoms with Gasteiger partial charge in [-0.3, -0.25) is 4.79 Å². The van der Waals surface area contributed by atoms with Crippen molar-refractivity contribution in [2.24, 2.45) is 0 Å². The van der Waals surface area contributed by atoms with Crippen molar-refractivity contribution in [1.29, 1.82) is 0 Å². The highest BCUT2D eigenvalue weighted by Crippen LogP contribution is 2.35. The molecule has 1 saturated heterocycles. The Morgan fingerprint density at radius 3 is 2.60 bits per heavy atom. The van der Waals surface area contributed by atoms with Crippen LogP contribution in [-0.2, 0) is 12.8 Å². The van der Waals surface area contributed by atoms with E-state index in [0.717, 1.165) is 37.8 Å². The largest absolute Gasteiger partial charge is 0.339 e. The van der Waals surface area contributed by atoms with Gasteiger partial charge in [0.2, 0.25) is 0 Å². The first-order chi connectivity index (χ1) is 12.1. The number of fused-ring (bicyclic) bond motifs is 1. The zero-order chi connectivity index (χ0) is 17.4. The second kappa shape index (κ2) is 6.83. The van der Waals surface area contributed by atoms with Crippen LogP contribution in [0.3, 0.4) is 0 Å². The van der Waals surface area contributed by atoms with E-state index in [4.69, 9.17) is 4.98 Å². The van der Waals surface area contributed by atoms with Gasteiger partial charge in [0, 0.05) is 29.4 Å². The number of thiazole rings is 1. The Hall–Kier alpha value is -1.82. The molecule has 6 heteroatoms. The molecule has 0 spiro atoms. The molecule has 3 nitrogen and oxygen atoms in total. The Bertz CT molecular complexity index is 773. The van der Waals surface area contributed by atoms with Gasteiger partial charge in [0.15, 0.2) is 11.6 Å². The molecule has 0 bridgehead atoms. The van der Waals surface area contributed by atoms with Gasteiger partial charge in [-0.2, -0.15) is 0 Å². The maximum atomic E-state index is 13.3. The summed E-state index contributed by atoms with van der Waals surface area (Å²) in [6.45, 7) is 1.26. The Labute approximate surface area is 149 Å². The molecule has 2 aromatic rings. The fourth-order valence-electron chi connectivity index (χ4n) is 3.69. The van der Waals surface area contributed by atoms with Crippen molar-refractivity contribution >= 4 is 17.2 Å². The summed E-state index contributed by atoms with van der Waals surface area (Å²) in [4.78, 5) is 20.5. The fourth-order valence-corrected chi connectivity index (χ4v) is 5.01. The summed E-state index contributed by atoms with van der Waals surface area (Å²) < 4.78 is 26.4. The van der Waals surface area contributed by atoms with E-state index < -0.39 is 11.6 Å². The highest BCUT2D eigenvalue weighted by Gasteiger charge is 2.28. The third-order valence-electron chi connectivity index (χ3n) is 5.16. The molecular weight excluding hydrogens is 342 g/mol. The van der Waals surface area contributed by atoms with Crippen LogP contribution >= 0.6 is 11.3 Å². The summed E-state index contributed by atoms with van der Waals surface area (Å²) in [5.74, 6) is -1.72. The third kappa shape index (κ3) is 3.32. The van der Waals surface area contributed by atoms with Crippen LogP contribution in [-0.4, -0.2) is 28.9 Å². The van der Waals surface area contributed by atoms with Gasteiger partial charge in [-0.25, -0.2) is 13.8 Å². The molecule has 0 unspecified atom stereocenters. The van der Waals surface area contributed by atoms with Crippen LogP contribution in [0.15, 0.2) is 18.2 Å². The lowest BCUT2D eigenvalue weighted by molar-refractivity contribution is 0.0712. The molecule has 25 heavy (non-hydrogen) atoms. The van der Waals surface area contributed by atoms with Crippen molar-refractivity contribution in [3.8, 4) is 0 Å². The van der Waals surface area contributed by atoms with Gasteiger partial charge in [0.05, 0.1) is 10.7 Å². The van der Waals surface area contributed by atoms with E-state index in [1.165, 1.54) is 34.5 Å². The van der Waals surface area contributed by atoms with Crippen molar-refractivity contribution in [3.05, 3.63) is 51.0 Å². The van der Waals surface area contributed by atoms with E-state index in [0.29, 0.717) is 19.0 Å². The number of carbonyl (C=O) groups excluding carboxylic acids is 1. The number of piperidine rings is 1. The van der Waals surface area contributed by atoms with Gasteiger partial charge in [-0.15, -0.1) is 11.3 Å². The summed E-state index contributed by atoms with van der Waals surface area (Å²) >= 11 is 1.85. The van der Waals surface area contributed by atoms with E-state index in [1.807, 2.05) is 11.3 Å². The number of hydrogen-bond donors (Lipinski definition) is 0. The number of amides is 1. The average molecular weight is 362 g/mol. The van der Waals surface area contributed by atoms with E-state index in [-0.39, 0.29) is 11.5 Å². The van der Waals surface area contributed by atoms with Crippen molar-refractivity contribution in [2.75, 3.05) is 13.1 Å². The first-order valence-electron chi connectivity index (χ1n) is 8.84. The topological polar surface area (TPSA) is 33.2 Å². The molecule has 1 fully saturated rings. The number of aromatic nitrogens is 1. The van der Waals surface area contributed by atoms with Gasteiger partial charge in [-0.1, -0.05) is 0 Å². The van der Waals surface area contributed by atoms with Gasteiger partial charge < -0.3 is 4.90 Å². The molecular formula is C19H20F2N2OS. The Kier molecular flexibility index (Phi) is 4.54. The summed E-state index contributed by atoms with van der Waals surface area (Å²) in [5.41, 5.74) is 1.49. The van der Waals surface area contributed by atoms with Gasteiger partial charge in [0.25, 0.3) is 5.91 Å². The lowest BCUT2D eigenvalue weighted by Gasteiger charge is -2.31. The SMILES string of the molecule is O=C(c1ccc(F)c(F)c1)N1CCC(c2nc3c(s2)CCCC3)CC1. The van der Waals surface area contributed by atoms with E-state index >= 15 is 0 Å². The first-order valence-corrected chi connectivity index (χ1v) is 9.66. The minimum atomic E-state index is -0.978. The fraction of sp³-hybridized carbons (Fsp3) is 0.474. The Balaban J connectivity index is 1.41. The highest BCUT2D eigenvalue weighted by atomic mass is 32.1. The van der Waals surface area contributed by atoms with Crippen LogP contribution in [0.25, 0.3) is 0 Å². The normalized spacial score (nSPS) is 18.2. The van der Waals surface area contributed by atoms with Crippen molar-refractivity contribution in [1.82, 2.24) is 9.88 Å². The lowest BCUT2D eigenvalue weighted by atomic mass is 9.96. The molecule has 0 saturated carbocycles. The lowest BCUT2D eigenvalue weighted by Crippen LogP contribution is -2.38. The average Bonchev–Trinajstić information content (AvgIpc) is 3.08. The molecule has 1 aliphatic carbocycles. The summed E-state index contributed by atoms with van der Waals surface area (Å²) in [7, 11) is 0. The van der Waals surface area contributed by atoms with E-state index in [1.54, 1.807) is 4.90 Å². The van der Waals surface area contributed by atoms with E-state index in [2.05, 4.69) is 0 Å². The van der Waals surface area contributed by atoms with Gasteiger partial charge >= 0.3 is 0 Å². The maximum absolute atomic E-state index is 13.3. The summed E-state index contributed by atoms with van der Waals surface area (Å²) in [6.07, 6.45) is 6.50. The molecule has 132 valence electrons.